The molecule has 0 fully saturated rings. The third-order valence-corrected chi connectivity index (χ3v) is 3.84. The minimum absolute atomic E-state index is 0.597. The molecule has 0 spiro atoms. The van der Waals surface area contributed by atoms with Gasteiger partial charge >= 0.3 is 0 Å². The van der Waals surface area contributed by atoms with E-state index >= 15 is 0 Å². The second kappa shape index (κ2) is 5.01. The Balaban J connectivity index is 2.15. The van der Waals surface area contributed by atoms with Crippen LogP contribution < -0.4 is 4.74 Å². The van der Waals surface area contributed by atoms with Gasteiger partial charge in [-0.25, -0.2) is 15.0 Å². The molecule has 0 aliphatic heterocycles. The second-order valence-corrected chi connectivity index (χ2v) is 5.54. The standard InChI is InChI=1S/C13H12N4O2S/c1-19-11-5-8(20(2)18)3-4-9(11)12-16-10-6-14-7-15-13(10)17-12/h3-7H,1-2H3,(H,14,15,16,17). The molecule has 7 heteroatoms. The number of benzene rings is 1. The molecule has 0 radical (unpaired) electrons. The van der Waals surface area contributed by atoms with Crippen molar-refractivity contribution < 1.29 is 8.95 Å². The Morgan fingerprint density at radius 3 is 2.90 bits per heavy atom. The normalized spacial score (nSPS) is 12.5. The fourth-order valence-corrected chi connectivity index (χ4v) is 2.47. The van der Waals surface area contributed by atoms with E-state index in [-0.39, 0.29) is 0 Å². The summed E-state index contributed by atoms with van der Waals surface area (Å²) >= 11 is 0. The van der Waals surface area contributed by atoms with E-state index in [0.717, 1.165) is 11.1 Å². The average molecular weight is 288 g/mol. The molecule has 2 aromatic heterocycles. The summed E-state index contributed by atoms with van der Waals surface area (Å²) in [5.74, 6) is 1.26. The molecule has 1 aromatic carbocycles. The van der Waals surface area contributed by atoms with Gasteiger partial charge in [0.05, 0.1) is 18.9 Å². The Kier molecular flexibility index (Phi) is 3.19. The first-order valence-electron chi connectivity index (χ1n) is 5.86. The van der Waals surface area contributed by atoms with E-state index in [9.17, 15) is 4.21 Å². The number of fused-ring (bicyclic) bond motifs is 1. The summed E-state index contributed by atoms with van der Waals surface area (Å²) < 4.78 is 16.9. The predicted octanol–water partition coefficient (Wildman–Crippen LogP) is 1.77. The van der Waals surface area contributed by atoms with E-state index in [1.807, 2.05) is 6.07 Å². The molecule has 0 bridgehead atoms. The molecular formula is C13H12N4O2S. The first-order valence-corrected chi connectivity index (χ1v) is 7.42. The van der Waals surface area contributed by atoms with Crippen LogP contribution in [0.4, 0.5) is 0 Å². The van der Waals surface area contributed by atoms with Crippen LogP contribution in [0, 0.1) is 0 Å². The van der Waals surface area contributed by atoms with Gasteiger partial charge in [0.1, 0.15) is 23.4 Å². The van der Waals surface area contributed by atoms with E-state index in [0.29, 0.717) is 22.1 Å². The first kappa shape index (κ1) is 12.7. The van der Waals surface area contributed by atoms with E-state index in [2.05, 4.69) is 19.9 Å². The maximum absolute atomic E-state index is 11.5. The van der Waals surface area contributed by atoms with E-state index in [4.69, 9.17) is 4.74 Å². The second-order valence-electron chi connectivity index (χ2n) is 4.16. The van der Waals surface area contributed by atoms with Gasteiger partial charge in [0.15, 0.2) is 5.65 Å². The van der Waals surface area contributed by atoms with Crippen molar-refractivity contribution in [2.24, 2.45) is 0 Å². The summed E-state index contributed by atoms with van der Waals surface area (Å²) in [5, 5.41) is 0. The summed E-state index contributed by atoms with van der Waals surface area (Å²) in [6, 6.07) is 5.39. The third kappa shape index (κ3) is 2.16. The van der Waals surface area contributed by atoms with Crippen LogP contribution in [-0.2, 0) is 10.8 Å². The highest BCUT2D eigenvalue weighted by Crippen LogP contribution is 2.30. The Labute approximate surface area is 117 Å². The zero-order valence-corrected chi connectivity index (χ0v) is 11.8. The molecule has 0 amide bonds. The van der Waals surface area contributed by atoms with Crippen molar-refractivity contribution in [3.05, 3.63) is 30.7 Å². The fourth-order valence-electron chi connectivity index (χ4n) is 1.94. The van der Waals surface area contributed by atoms with Crippen LogP contribution in [0.5, 0.6) is 5.75 Å². The number of ether oxygens (including phenoxy) is 1. The summed E-state index contributed by atoms with van der Waals surface area (Å²) in [6.45, 7) is 0. The number of hydrogen-bond donors (Lipinski definition) is 1. The minimum Gasteiger partial charge on any atom is -0.496 e. The number of hydrogen-bond acceptors (Lipinski definition) is 5. The summed E-state index contributed by atoms with van der Waals surface area (Å²) in [5.41, 5.74) is 2.15. The predicted molar refractivity (Wildman–Crippen MR) is 76.0 cm³/mol. The minimum atomic E-state index is -1.05. The van der Waals surface area contributed by atoms with Crippen LogP contribution in [-0.4, -0.2) is 37.5 Å². The van der Waals surface area contributed by atoms with E-state index in [1.165, 1.54) is 6.33 Å². The monoisotopic (exact) mass is 288 g/mol. The largest absolute Gasteiger partial charge is 0.496 e. The number of nitrogens with zero attached hydrogens (tertiary/aromatic N) is 3. The average Bonchev–Trinajstić information content (AvgIpc) is 2.90. The Morgan fingerprint density at radius 2 is 2.20 bits per heavy atom. The smallest absolute Gasteiger partial charge is 0.181 e. The molecule has 3 rings (SSSR count). The Bertz CT molecular complexity index is 767. The van der Waals surface area contributed by atoms with Gasteiger partial charge in [-0.05, 0) is 18.2 Å². The molecule has 1 unspecified atom stereocenters. The van der Waals surface area contributed by atoms with Crippen LogP contribution in [0.3, 0.4) is 0 Å². The zero-order chi connectivity index (χ0) is 14.1. The Morgan fingerprint density at radius 1 is 1.35 bits per heavy atom. The highest BCUT2D eigenvalue weighted by Gasteiger charge is 2.12. The van der Waals surface area contributed by atoms with E-state index in [1.54, 1.807) is 31.7 Å². The summed E-state index contributed by atoms with van der Waals surface area (Å²) in [4.78, 5) is 16.3. The number of rotatable bonds is 3. The number of methoxy groups -OCH3 is 1. The maximum atomic E-state index is 11.5. The lowest BCUT2D eigenvalue weighted by Gasteiger charge is -2.07. The van der Waals surface area contributed by atoms with Crippen molar-refractivity contribution in [2.45, 2.75) is 4.90 Å². The zero-order valence-electron chi connectivity index (χ0n) is 11.0. The van der Waals surface area contributed by atoms with Crippen LogP contribution in [0.25, 0.3) is 22.6 Å². The summed E-state index contributed by atoms with van der Waals surface area (Å²) in [6.07, 6.45) is 4.75. The number of aromatic nitrogens is 4. The lowest BCUT2D eigenvalue weighted by molar-refractivity contribution is 0.415. The molecule has 20 heavy (non-hydrogen) atoms. The lowest BCUT2D eigenvalue weighted by atomic mass is 10.2. The third-order valence-electron chi connectivity index (χ3n) is 2.92. The van der Waals surface area contributed by atoms with Crippen molar-refractivity contribution in [2.75, 3.05) is 13.4 Å². The number of nitrogens with one attached hydrogen (secondary N) is 1. The molecule has 0 aliphatic rings. The van der Waals surface area contributed by atoms with Crippen molar-refractivity contribution in [1.82, 2.24) is 19.9 Å². The topological polar surface area (TPSA) is 80.8 Å². The maximum Gasteiger partial charge on any atom is 0.181 e. The van der Waals surface area contributed by atoms with E-state index < -0.39 is 10.8 Å². The van der Waals surface area contributed by atoms with Gasteiger partial charge in [-0.3, -0.25) is 4.21 Å². The molecule has 102 valence electrons. The van der Waals surface area contributed by atoms with Crippen LogP contribution in [0.1, 0.15) is 0 Å². The number of H-pyrrole nitrogens is 1. The molecule has 3 aromatic rings. The van der Waals surface area contributed by atoms with Gasteiger partial charge in [-0.2, -0.15) is 0 Å². The van der Waals surface area contributed by atoms with Crippen LogP contribution in [0.2, 0.25) is 0 Å². The van der Waals surface area contributed by atoms with Crippen molar-refractivity contribution in [3.8, 4) is 17.1 Å². The van der Waals surface area contributed by atoms with Crippen LogP contribution in [0.15, 0.2) is 35.6 Å². The molecule has 0 aliphatic carbocycles. The molecule has 0 saturated heterocycles. The van der Waals surface area contributed by atoms with Gasteiger partial charge < -0.3 is 9.72 Å². The van der Waals surface area contributed by atoms with Crippen LogP contribution >= 0.6 is 0 Å². The molecule has 0 saturated carbocycles. The van der Waals surface area contributed by atoms with Crippen molar-refractivity contribution in [3.63, 3.8) is 0 Å². The van der Waals surface area contributed by atoms with Crippen molar-refractivity contribution >= 4 is 22.0 Å². The fraction of sp³-hybridized carbons (Fsp3) is 0.154. The molecule has 2 heterocycles. The Hall–Kier alpha value is -2.28. The quantitative estimate of drug-likeness (QED) is 0.794. The molecular weight excluding hydrogens is 276 g/mol. The van der Waals surface area contributed by atoms with Gasteiger partial charge in [0.2, 0.25) is 0 Å². The van der Waals surface area contributed by atoms with Gasteiger partial charge in [0.25, 0.3) is 0 Å². The van der Waals surface area contributed by atoms with Gasteiger partial charge in [-0.15, -0.1) is 0 Å². The van der Waals surface area contributed by atoms with Gasteiger partial charge in [0, 0.05) is 22.0 Å². The molecule has 1 N–H and O–H groups in total. The first-order chi connectivity index (χ1) is 9.69. The van der Waals surface area contributed by atoms with Crippen molar-refractivity contribution in [1.29, 1.82) is 0 Å². The highest BCUT2D eigenvalue weighted by molar-refractivity contribution is 7.84. The number of imidazole rings is 1. The summed E-state index contributed by atoms with van der Waals surface area (Å²) in [7, 11) is 0.520. The molecule has 6 nitrogen and oxygen atoms in total. The highest BCUT2D eigenvalue weighted by atomic mass is 32.2. The van der Waals surface area contributed by atoms with Gasteiger partial charge in [-0.1, -0.05) is 0 Å². The lowest BCUT2D eigenvalue weighted by Crippen LogP contribution is -1.93. The number of aromatic amines is 1. The SMILES string of the molecule is COc1cc(S(C)=O)ccc1-c1nc2ncncc2[nH]1. The molecule has 1 atom stereocenters.